The van der Waals surface area contributed by atoms with Crippen LogP contribution >= 0.6 is 0 Å². The molecule has 0 fully saturated rings. The van der Waals surface area contributed by atoms with Gasteiger partial charge in [0.25, 0.3) is 0 Å². The molecule has 2 aromatic rings. The van der Waals surface area contributed by atoms with Gasteiger partial charge < -0.3 is 10.1 Å². The van der Waals surface area contributed by atoms with Crippen LogP contribution in [0.1, 0.15) is 37.0 Å². The molecular formula is C19H25NO. The quantitative estimate of drug-likeness (QED) is 0.810. The molecule has 1 atom stereocenters. The van der Waals surface area contributed by atoms with E-state index >= 15 is 0 Å². The minimum absolute atomic E-state index is 0.558. The largest absolute Gasteiger partial charge is 0.489 e. The highest BCUT2D eigenvalue weighted by atomic mass is 16.5. The van der Waals surface area contributed by atoms with E-state index in [1.54, 1.807) is 0 Å². The molecule has 0 aliphatic rings. The van der Waals surface area contributed by atoms with Crippen LogP contribution in [0.2, 0.25) is 0 Å². The van der Waals surface area contributed by atoms with Crippen molar-refractivity contribution in [2.24, 2.45) is 0 Å². The first kappa shape index (κ1) is 15.6. The van der Waals surface area contributed by atoms with Crippen LogP contribution in [0.15, 0.2) is 48.5 Å². The fourth-order valence-electron chi connectivity index (χ4n) is 1.99. The van der Waals surface area contributed by atoms with E-state index in [9.17, 15) is 0 Å². The summed E-state index contributed by atoms with van der Waals surface area (Å²) in [5.74, 6) is 0.919. The van der Waals surface area contributed by atoms with Crippen LogP contribution < -0.4 is 10.1 Å². The average Bonchev–Trinajstić information content (AvgIpc) is 2.53. The van der Waals surface area contributed by atoms with Crippen molar-refractivity contribution >= 4 is 0 Å². The van der Waals surface area contributed by atoms with Gasteiger partial charge in [-0.1, -0.05) is 48.9 Å². The number of ether oxygens (including phenoxy) is 1. The summed E-state index contributed by atoms with van der Waals surface area (Å²) in [5, 5.41) is 3.49. The van der Waals surface area contributed by atoms with Crippen molar-refractivity contribution < 1.29 is 4.74 Å². The van der Waals surface area contributed by atoms with Gasteiger partial charge in [-0.15, -0.1) is 0 Å². The van der Waals surface area contributed by atoms with Gasteiger partial charge in [0.05, 0.1) is 0 Å². The Balaban J connectivity index is 1.83. The SMILES string of the molecule is CC[C@H](C)NCc1ccc(OCc2ccc(C)cc2)cc1. The monoisotopic (exact) mass is 283 g/mol. The predicted molar refractivity (Wildman–Crippen MR) is 88.5 cm³/mol. The molecule has 2 nitrogen and oxygen atoms in total. The Bertz CT molecular complexity index is 530. The molecule has 2 heteroatoms. The first-order chi connectivity index (χ1) is 10.2. The van der Waals surface area contributed by atoms with Crippen LogP contribution in [-0.2, 0) is 13.2 Å². The van der Waals surface area contributed by atoms with Crippen LogP contribution in [0.25, 0.3) is 0 Å². The molecule has 0 spiro atoms. The molecule has 2 aromatic carbocycles. The zero-order valence-corrected chi connectivity index (χ0v) is 13.2. The second-order valence-electron chi connectivity index (χ2n) is 5.61. The minimum Gasteiger partial charge on any atom is -0.489 e. The third kappa shape index (κ3) is 5.24. The molecule has 112 valence electrons. The lowest BCUT2D eigenvalue weighted by Gasteiger charge is -2.12. The van der Waals surface area contributed by atoms with Crippen LogP contribution in [0.5, 0.6) is 5.75 Å². The van der Waals surface area contributed by atoms with Crippen molar-refractivity contribution in [2.45, 2.75) is 46.4 Å². The summed E-state index contributed by atoms with van der Waals surface area (Å²) in [7, 11) is 0. The molecule has 0 saturated heterocycles. The molecule has 21 heavy (non-hydrogen) atoms. The van der Waals surface area contributed by atoms with Crippen molar-refractivity contribution in [3.63, 3.8) is 0 Å². The summed E-state index contributed by atoms with van der Waals surface area (Å²) in [6.45, 7) is 8.02. The smallest absolute Gasteiger partial charge is 0.119 e. The highest BCUT2D eigenvalue weighted by Gasteiger charge is 2.00. The van der Waals surface area contributed by atoms with Gasteiger partial charge in [0, 0.05) is 12.6 Å². The van der Waals surface area contributed by atoms with Crippen molar-refractivity contribution in [2.75, 3.05) is 0 Å². The average molecular weight is 283 g/mol. The van der Waals surface area contributed by atoms with Crippen LogP contribution in [0.4, 0.5) is 0 Å². The zero-order chi connectivity index (χ0) is 15.1. The van der Waals surface area contributed by atoms with E-state index in [-0.39, 0.29) is 0 Å². The molecule has 0 heterocycles. The number of hydrogen-bond acceptors (Lipinski definition) is 2. The van der Waals surface area contributed by atoms with Crippen LogP contribution in [0, 0.1) is 6.92 Å². The number of hydrogen-bond donors (Lipinski definition) is 1. The van der Waals surface area contributed by atoms with E-state index in [2.05, 4.69) is 62.5 Å². The van der Waals surface area contributed by atoms with E-state index in [0.29, 0.717) is 12.6 Å². The Hall–Kier alpha value is -1.80. The second kappa shape index (κ2) is 7.84. The first-order valence-electron chi connectivity index (χ1n) is 7.68. The molecule has 0 unspecified atom stereocenters. The summed E-state index contributed by atoms with van der Waals surface area (Å²) < 4.78 is 5.81. The van der Waals surface area contributed by atoms with E-state index < -0.39 is 0 Å². The maximum absolute atomic E-state index is 5.81. The molecular weight excluding hydrogens is 258 g/mol. The Morgan fingerprint density at radius 2 is 1.57 bits per heavy atom. The van der Waals surface area contributed by atoms with Gasteiger partial charge in [-0.05, 0) is 43.5 Å². The van der Waals surface area contributed by atoms with Gasteiger partial charge in [-0.2, -0.15) is 0 Å². The summed E-state index contributed by atoms with van der Waals surface area (Å²) in [6, 6.07) is 17.3. The summed E-state index contributed by atoms with van der Waals surface area (Å²) in [4.78, 5) is 0. The Labute approximate surface area is 128 Å². The normalized spacial score (nSPS) is 12.1. The molecule has 0 aliphatic heterocycles. The highest BCUT2D eigenvalue weighted by Crippen LogP contribution is 2.14. The Morgan fingerprint density at radius 1 is 0.952 bits per heavy atom. The molecule has 2 rings (SSSR count). The van der Waals surface area contributed by atoms with Gasteiger partial charge in [0.2, 0.25) is 0 Å². The lowest BCUT2D eigenvalue weighted by atomic mass is 10.1. The number of aryl methyl sites for hydroxylation is 1. The number of benzene rings is 2. The molecule has 0 saturated carbocycles. The maximum Gasteiger partial charge on any atom is 0.119 e. The third-order valence-electron chi connectivity index (χ3n) is 3.72. The van der Waals surface area contributed by atoms with Gasteiger partial charge in [0.15, 0.2) is 0 Å². The molecule has 0 radical (unpaired) electrons. The van der Waals surface area contributed by atoms with Crippen LogP contribution in [0.3, 0.4) is 0 Å². The van der Waals surface area contributed by atoms with Crippen LogP contribution in [-0.4, -0.2) is 6.04 Å². The van der Waals surface area contributed by atoms with E-state index in [1.807, 2.05) is 12.1 Å². The standard InChI is InChI=1S/C19H25NO/c1-4-16(3)20-13-17-9-11-19(12-10-17)21-14-18-7-5-15(2)6-8-18/h5-12,16,20H,4,13-14H2,1-3H3/t16-/m0/s1. The lowest BCUT2D eigenvalue weighted by molar-refractivity contribution is 0.306. The van der Waals surface area contributed by atoms with Gasteiger partial charge >= 0.3 is 0 Å². The Morgan fingerprint density at radius 3 is 2.19 bits per heavy atom. The topological polar surface area (TPSA) is 21.3 Å². The molecule has 0 aliphatic carbocycles. The minimum atomic E-state index is 0.558. The number of nitrogens with one attached hydrogen (secondary N) is 1. The van der Waals surface area contributed by atoms with Crippen molar-refractivity contribution in [3.8, 4) is 5.75 Å². The van der Waals surface area contributed by atoms with Crippen molar-refractivity contribution in [1.82, 2.24) is 5.32 Å². The maximum atomic E-state index is 5.81. The molecule has 0 amide bonds. The van der Waals surface area contributed by atoms with Crippen molar-refractivity contribution in [3.05, 3.63) is 65.2 Å². The van der Waals surface area contributed by atoms with E-state index in [0.717, 1.165) is 18.7 Å². The second-order valence-corrected chi connectivity index (χ2v) is 5.61. The molecule has 1 N–H and O–H groups in total. The van der Waals surface area contributed by atoms with Gasteiger partial charge in [-0.3, -0.25) is 0 Å². The third-order valence-corrected chi connectivity index (χ3v) is 3.72. The summed E-state index contributed by atoms with van der Waals surface area (Å²) in [5.41, 5.74) is 3.76. The highest BCUT2D eigenvalue weighted by molar-refractivity contribution is 5.28. The Kier molecular flexibility index (Phi) is 5.82. The van der Waals surface area contributed by atoms with Crippen molar-refractivity contribution in [1.29, 1.82) is 0 Å². The van der Waals surface area contributed by atoms with E-state index in [4.69, 9.17) is 4.74 Å². The molecule has 0 bridgehead atoms. The molecule has 0 aromatic heterocycles. The zero-order valence-electron chi connectivity index (χ0n) is 13.2. The fraction of sp³-hybridized carbons (Fsp3) is 0.368. The number of rotatable bonds is 7. The van der Waals surface area contributed by atoms with E-state index in [1.165, 1.54) is 16.7 Å². The first-order valence-corrected chi connectivity index (χ1v) is 7.68. The fourth-order valence-corrected chi connectivity index (χ4v) is 1.99. The van der Waals surface area contributed by atoms with Gasteiger partial charge in [-0.25, -0.2) is 0 Å². The predicted octanol–water partition coefficient (Wildman–Crippen LogP) is 4.46. The lowest BCUT2D eigenvalue weighted by Crippen LogP contribution is -2.24. The summed E-state index contributed by atoms with van der Waals surface area (Å²) in [6.07, 6.45) is 1.15. The van der Waals surface area contributed by atoms with Gasteiger partial charge in [0.1, 0.15) is 12.4 Å². The summed E-state index contributed by atoms with van der Waals surface area (Å²) >= 11 is 0.